The Balaban J connectivity index is 1.80. The molecule has 4 atom stereocenters. The van der Waals surface area contributed by atoms with Gasteiger partial charge in [0, 0.05) is 25.5 Å². The molecule has 0 radical (unpaired) electrons. The smallest absolute Gasteiger partial charge is 0.202 e. The first kappa shape index (κ1) is 10.2. The maximum absolute atomic E-state index is 4.34. The van der Waals surface area contributed by atoms with Gasteiger partial charge in [0.25, 0.3) is 0 Å². The molecule has 0 amide bonds. The Labute approximate surface area is 97.3 Å². The van der Waals surface area contributed by atoms with Crippen LogP contribution in [0.2, 0.25) is 0 Å². The lowest BCUT2D eigenvalue weighted by atomic mass is 9.84. The molecule has 2 saturated carbocycles. The van der Waals surface area contributed by atoms with Gasteiger partial charge in [0.2, 0.25) is 5.95 Å². The summed E-state index contributed by atoms with van der Waals surface area (Å²) in [6.45, 7) is 2.36. The van der Waals surface area contributed by atoms with E-state index >= 15 is 0 Å². The molecule has 3 nitrogen and oxygen atoms in total. The highest BCUT2D eigenvalue weighted by Crippen LogP contribution is 2.52. The highest BCUT2D eigenvalue weighted by Gasteiger charge is 2.42. The molecule has 2 aliphatic rings. The average molecular weight is 219 g/mol. The summed E-state index contributed by atoms with van der Waals surface area (Å²) in [4.78, 5) is 4.34. The molecule has 0 spiro atoms. The maximum atomic E-state index is 4.34. The van der Waals surface area contributed by atoms with Gasteiger partial charge in [-0.25, -0.2) is 4.98 Å². The number of rotatable bonds is 3. The zero-order valence-electron chi connectivity index (χ0n) is 10.2. The number of anilines is 1. The Hall–Kier alpha value is -0.990. The Bertz CT molecular complexity index is 371. The molecule has 1 N–H and O–H groups in total. The van der Waals surface area contributed by atoms with E-state index < -0.39 is 0 Å². The molecule has 1 aromatic heterocycles. The van der Waals surface area contributed by atoms with E-state index in [9.17, 15) is 0 Å². The second-order valence-electron chi connectivity index (χ2n) is 5.49. The van der Waals surface area contributed by atoms with Gasteiger partial charge in [0.15, 0.2) is 0 Å². The van der Waals surface area contributed by atoms with Crippen molar-refractivity contribution >= 4 is 5.95 Å². The zero-order chi connectivity index (χ0) is 11.1. The zero-order valence-corrected chi connectivity index (χ0v) is 10.2. The molecule has 88 valence electrons. The fraction of sp³-hybridized carbons (Fsp3) is 0.769. The predicted molar refractivity (Wildman–Crippen MR) is 65.4 cm³/mol. The second-order valence-corrected chi connectivity index (χ2v) is 5.49. The minimum Gasteiger partial charge on any atom is -0.359 e. The van der Waals surface area contributed by atoms with Crippen LogP contribution in [0.25, 0.3) is 0 Å². The van der Waals surface area contributed by atoms with Crippen molar-refractivity contribution in [3.63, 3.8) is 0 Å². The normalized spacial score (nSPS) is 34.2. The van der Waals surface area contributed by atoms with Crippen LogP contribution in [0.3, 0.4) is 0 Å². The van der Waals surface area contributed by atoms with Crippen molar-refractivity contribution in [1.82, 2.24) is 9.55 Å². The van der Waals surface area contributed by atoms with Crippen molar-refractivity contribution < 1.29 is 0 Å². The third-order valence-corrected chi connectivity index (χ3v) is 4.74. The molecular weight excluding hydrogens is 198 g/mol. The standard InChI is InChI=1S/C13H21N3/c1-9(16-6-5-15-13(16)14-2)12-8-10-3-4-11(12)7-10/h5-6,9-12H,3-4,7-8H2,1-2H3,(H,14,15). The molecule has 0 aromatic carbocycles. The van der Waals surface area contributed by atoms with Crippen molar-refractivity contribution in [2.75, 3.05) is 12.4 Å². The Morgan fingerprint density at radius 3 is 2.94 bits per heavy atom. The van der Waals surface area contributed by atoms with Gasteiger partial charge in [0.05, 0.1) is 0 Å². The number of imidazole rings is 1. The van der Waals surface area contributed by atoms with Gasteiger partial charge in [-0.2, -0.15) is 0 Å². The largest absolute Gasteiger partial charge is 0.359 e. The van der Waals surface area contributed by atoms with Crippen LogP contribution in [0, 0.1) is 17.8 Å². The van der Waals surface area contributed by atoms with E-state index in [1.807, 2.05) is 13.2 Å². The summed E-state index contributed by atoms with van der Waals surface area (Å²) in [5.74, 6) is 3.89. The molecule has 3 rings (SSSR count). The fourth-order valence-corrected chi connectivity index (χ4v) is 3.93. The summed E-state index contributed by atoms with van der Waals surface area (Å²) in [6, 6.07) is 0.597. The van der Waals surface area contributed by atoms with Crippen molar-refractivity contribution in [2.45, 2.75) is 38.6 Å². The third kappa shape index (κ3) is 1.45. The minimum absolute atomic E-state index is 0.597. The highest BCUT2D eigenvalue weighted by atomic mass is 15.2. The van der Waals surface area contributed by atoms with E-state index in [1.54, 1.807) is 0 Å². The van der Waals surface area contributed by atoms with E-state index in [1.165, 1.54) is 25.7 Å². The van der Waals surface area contributed by atoms with E-state index in [0.717, 1.165) is 23.7 Å². The third-order valence-electron chi connectivity index (χ3n) is 4.74. The molecule has 1 aromatic rings. The van der Waals surface area contributed by atoms with Gasteiger partial charge in [-0.3, -0.25) is 0 Å². The predicted octanol–water partition coefficient (Wildman–Crippen LogP) is 2.92. The molecule has 4 unspecified atom stereocenters. The lowest BCUT2D eigenvalue weighted by molar-refractivity contribution is 0.244. The second kappa shape index (κ2) is 3.79. The summed E-state index contributed by atoms with van der Waals surface area (Å²) in [5.41, 5.74) is 0. The van der Waals surface area contributed by atoms with Gasteiger partial charge in [0.1, 0.15) is 0 Å². The van der Waals surface area contributed by atoms with Crippen LogP contribution in [0.5, 0.6) is 0 Å². The van der Waals surface area contributed by atoms with E-state index in [2.05, 4.69) is 28.0 Å². The first-order valence-corrected chi connectivity index (χ1v) is 6.50. The van der Waals surface area contributed by atoms with Crippen LogP contribution in [0.1, 0.15) is 38.6 Å². The Morgan fingerprint density at radius 1 is 1.44 bits per heavy atom. The van der Waals surface area contributed by atoms with Crippen molar-refractivity contribution in [3.8, 4) is 0 Å². The highest BCUT2D eigenvalue weighted by molar-refractivity contribution is 5.25. The minimum atomic E-state index is 0.597. The number of nitrogens with one attached hydrogen (secondary N) is 1. The van der Waals surface area contributed by atoms with Gasteiger partial charge in [-0.05, 0) is 43.9 Å². The molecule has 0 saturated heterocycles. The van der Waals surface area contributed by atoms with Crippen LogP contribution in [0.15, 0.2) is 12.4 Å². The molecule has 16 heavy (non-hydrogen) atoms. The summed E-state index contributed by atoms with van der Waals surface area (Å²) in [6.07, 6.45) is 9.88. The van der Waals surface area contributed by atoms with E-state index in [-0.39, 0.29) is 0 Å². The van der Waals surface area contributed by atoms with Crippen molar-refractivity contribution in [1.29, 1.82) is 0 Å². The van der Waals surface area contributed by atoms with Gasteiger partial charge in [-0.15, -0.1) is 0 Å². The number of fused-ring (bicyclic) bond motifs is 2. The number of hydrogen-bond acceptors (Lipinski definition) is 2. The van der Waals surface area contributed by atoms with Crippen LogP contribution in [-0.2, 0) is 0 Å². The van der Waals surface area contributed by atoms with Gasteiger partial charge in [-0.1, -0.05) is 6.42 Å². The first-order valence-electron chi connectivity index (χ1n) is 6.50. The molecule has 3 heteroatoms. The molecular formula is C13H21N3. The lowest BCUT2D eigenvalue weighted by Gasteiger charge is -2.29. The van der Waals surface area contributed by atoms with Crippen LogP contribution in [-0.4, -0.2) is 16.6 Å². The van der Waals surface area contributed by atoms with Gasteiger partial charge >= 0.3 is 0 Å². The van der Waals surface area contributed by atoms with E-state index in [0.29, 0.717) is 6.04 Å². The molecule has 0 aliphatic heterocycles. The van der Waals surface area contributed by atoms with Crippen LogP contribution < -0.4 is 5.32 Å². The summed E-state index contributed by atoms with van der Waals surface area (Å²) in [5, 5.41) is 3.18. The average Bonchev–Trinajstić information content (AvgIpc) is 3.02. The van der Waals surface area contributed by atoms with Gasteiger partial charge < -0.3 is 9.88 Å². The summed E-state index contributed by atoms with van der Waals surface area (Å²) < 4.78 is 2.31. The SMILES string of the molecule is CNc1nccn1C(C)C1CC2CCC1C2. The Morgan fingerprint density at radius 2 is 2.31 bits per heavy atom. The summed E-state index contributed by atoms with van der Waals surface area (Å²) >= 11 is 0. The first-order chi connectivity index (χ1) is 7.79. The fourth-order valence-electron chi connectivity index (χ4n) is 3.93. The number of nitrogens with zero attached hydrogens (tertiary/aromatic N) is 2. The molecule has 2 aliphatic carbocycles. The quantitative estimate of drug-likeness (QED) is 0.847. The van der Waals surface area contributed by atoms with Crippen LogP contribution in [0.4, 0.5) is 5.95 Å². The van der Waals surface area contributed by atoms with Crippen molar-refractivity contribution in [3.05, 3.63) is 12.4 Å². The number of hydrogen-bond donors (Lipinski definition) is 1. The topological polar surface area (TPSA) is 29.9 Å². The monoisotopic (exact) mass is 219 g/mol. The van der Waals surface area contributed by atoms with E-state index in [4.69, 9.17) is 0 Å². The molecule has 2 bridgehead atoms. The molecule has 1 heterocycles. The van der Waals surface area contributed by atoms with Crippen molar-refractivity contribution in [2.24, 2.45) is 17.8 Å². The molecule has 2 fully saturated rings. The summed E-state index contributed by atoms with van der Waals surface area (Å²) in [7, 11) is 1.95. The Kier molecular flexibility index (Phi) is 2.41. The van der Waals surface area contributed by atoms with Crippen LogP contribution >= 0.6 is 0 Å². The lowest BCUT2D eigenvalue weighted by Crippen LogP contribution is -2.22. The number of aromatic nitrogens is 2. The maximum Gasteiger partial charge on any atom is 0.202 e.